The van der Waals surface area contributed by atoms with Gasteiger partial charge in [0, 0.05) is 26.5 Å². The Bertz CT molecular complexity index is 154. The Morgan fingerprint density at radius 3 is 2.23 bits per heavy atom. The molecule has 0 radical (unpaired) electrons. The van der Waals surface area contributed by atoms with Gasteiger partial charge in [0.2, 0.25) is 0 Å². The summed E-state index contributed by atoms with van der Waals surface area (Å²) in [7, 11) is -0.834. The Morgan fingerprint density at radius 1 is 1.15 bits per heavy atom. The maximum Gasteiger partial charge on any atom is 0.185 e. The van der Waals surface area contributed by atoms with E-state index in [-0.39, 0.29) is 5.12 Å². The lowest BCUT2D eigenvalue weighted by molar-refractivity contribution is -0.109. The molecule has 0 aliphatic carbocycles. The zero-order chi connectivity index (χ0) is 10.3. The fourth-order valence-electron chi connectivity index (χ4n) is 0.725. The van der Waals surface area contributed by atoms with Gasteiger partial charge in [-0.15, -0.1) is 0 Å². The zero-order valence-corrected chi connectivity index (χ0v) is 11.7. The summed E-state index contributed by atoms with van der Waals surface area (Å²) >= 11 is 3.42. The average molecular weight is 236 g/mol. The smallest absolute Gasteiger partial charge is 0.185 e. The van der Waals surface area contributed by atoms with E-state index in [1.165, 1.54) is 23.6 Å². The molecule has 13 heavy (non-hydrogen) atoms. The molecule has 0 saturated heterocycles. The van der Waals surface area contributed by atoms with Crippen LogP contribution in [0.25, 0.3) is 0 Å². The van der Waals surface area contributed by atoms with Gasteiger partial charge in [0.05, 0.1) is 0 Å². The van der Waals surface area contributed by atoms with Crippen molar-refractivity contribution in [2.75, 3.05) is 17.3 Å². The molecule has 0 saturated carbocycles. The van der Waals surface area contributed by atoms with Crippen LogP contribution in [0.4, 0.5) is 0 Å². The summed E-state index contributed by atoms with van der Waals surface area (Å²) in [5.74, 6) is 3.37. The molecule has 0 heterocycles. The van der Waals surface area contributed by atoms with E-state index in [0.717, 1.165) is 11.5 Å². The van der Waals surface area contributed by atoms with Gasteiger partial charge in [-0.3, -0.25) is 4.79 Å². The predicted octanol–water partition coefficient (Wildman–Crippen LogP) is 3.34. The van der Waals surface area contributed by atoms with Crippen molar-refractivity contribution in [1.29, 1.82) is 0 Å². The third-order valence-electron chi connectivity index (χ3n) is 1.53. The molecule has 0 fully saturated rings. The van der Waals surface area contributed by atoms with Crippen LogP contribution in [0.1, 0.15) is 6.92 Å². The van der Waals surface area contributed by atoms with E-state index in [1.807, 2.05) is 11.8 Å². The van der Waals surface area contributed by atoms with Crippen molar-refractivity contribution in [2.24, 2.45) is 0 Å². The molecule has 0 amide bonds. The van der Waals surface area contributed by atoms with E-state index < -0.39 is 8.07 Å². The van der Waals surface area contributed by atoms with Crippen molar-refractivity contribution in [3.8, 4) is 0 Å². The normalized spacial score (nSPS) is 11.7. The highest BCUT2D eigenvalue weighted by molar-refractivity contribution is 8.14. The third kappa shape index (κ3) is 12.6. The van der Waals surface area contributed by atoms with Gasteiger partial charge >= 0.3 is 0 Å². The summed E-state index contributed by atoms with van der Waals surface area (Å²) in [4.78, 5) is 10.6. The second-order valence-electron chi connectivity index (χ2n) is 4.26. The van der Waals surface area contributed by atoms with Crippen LogP contribution in [0, 0.1) is 0 Å². The summed E-state index contributed by atoms with van der Waals surface area (Å²) in [6.07, 6.45) is 0. The second-order valence-corrected chi connectivity index (χ2v) is 12.4. The highest BCUT2D eigenvalue weighted by atomic mass is 32.2. The van der Waals surface area contributed by atoms with Crippen LogP contribution < -0.4 is 0 Å². The van der Waals surface area contributed by atoms with E-state index in [0.29, 0.717) is 0 Å². The highest BCUT2D eigenvalue weighted by Gasteiger charge is 2.11. The fourth-order valence-corrected chi connectivity index (χ4v) is 5.05. The van der Waals surface area contributed by atoms with Crippen molar-refractivity contribution in [3.05, 3.63) is 0 Å². The van der Waals surface area contributed by atoms with Gasteiger partial charge < -0.3 is 0 Å². The molecule has 4 heteroatoms. The Kier molecular flexibility index (Phi) is 7.27. The predicted molar refractivity (Wildman–Crippen MR) is 68.6 cm³/mol. The van der Waals surface area contributed by atoms with Crippen LogP contribution >= 0.6 is 23.5 Å². The Morgan fingerprint density at radius 2 is 1.77 bits per heavy atom. The number of carbonyl (C=O) groups is 1. The molecular formula is C9H20OS2Si. The van der Waals surface area contributed by atoms with Crippen molar-refractivity contribution in [3.63, 3.8) is 0 Å². The van der Waals surface area contributed by atoms with E-state index in [2.05, 4.69) is 19.6 Å². The quantitative estimate of drug-likeness (QED) is 0.520. The molecular weight excluding hydrogens is 216 g/mol. The van der Waals surface area contributed by atoms with Crippen LogP contribution in [0.2, 0.25) is 25.7 Å². The number of carbonyl (C=O) groups excluding carboxylic acids is 1. The number of hydrogen-bond acceptors (Lipinski definition) is 3. The van der Waals surface area contributed by atoms with Crippen molar-refractivity contribution in [2.45, 2.75) is 32.6 Å². The number of hydrogen-bond donors (Lipinski definition) is 0. The second kappa shape index (κ2) is 6.96. The highest BCUT2D eigenvalue weighted by Crippen LogP contribution is 2.14. The van der Waals surface area contributed by atoms with Crippen molar-refractivity contribution >= 4 is 36.7 Å². The SMILES string of the molecule is CC(=O)SCCSCC[Si](C)(C)C. The minimum atomic E-state index is -0.834. The summed E-state index contributed by atoms with van der Waals surface area (Å²) in [6.45, 7) is 8.84. The zero-order valence-electron chi connectivity index (χ0n) is 9.05. The van der Waals surface area contributed by atoms with Crippen LogP contribution in [0.5, 0.6) is 0 Å². The van der Waals surface area contributed by atoms with Crippen LogP contribution in [-0.4, -0.2) is 30.4 Å². The standard InChI is InChI=1S/C9H20OS2Si/c1-9(10)12-6-5-11-7-8-13(2,3)4/h5-8H2,1-4H3. The molecule has 78 valence electrons. The maximum absolute atomic E-state index is 10.6. The lowest BCUT2D eigenvalue weighted by Gasteiger charge is -2.14. The lowest BCUT2D eigenvalue weighted by atomic mass is 10.9. The monoisotopic (exact) mass is 236 g/mol. The molecule has 0 aromatic rings. The first kappa shape index (κ1) is 13.6. The molecule has 1 nitrogen and oxygen atoms in total. The average Bonchev–Trinajstić information content (AvgIpc) is 1.93. The largest absolute Gasteiger partial charge is 0.288 e. The summed E-state index contributed by atoms with van der Waals surface area (Å²) < 4.78 is 0. The van der Waals surface area contributed by atoms with Gasteiger partial charge in [0.25, 0.3) is 0 Å². The first-order chi connectivity index (χ1) is 5.92. The third-order valence-corrected chi connectivity index (χ3v) is 5.70. The van der Waals surface area contributed by atoms with Crippen molar-refractivity contribution < 1.29 is 4.79 Å². The van der Waals surface area contributed by atoms with Gasteiger partial charge in [-0.25, -0.2) is 0 Å². The van der Waals surface area contributed by atoms with E-state index in [1.54, 1.807) is 6.92 Å². The van der Waals surface area contributed by atoms with E-state index >= 15 is 0 Å². The minimum absolute atomic E-state index is 0.241. The van der Waals surface area contributed by atoms with Gasteiger partial charge in [-0.05, 0) is 11.8 Å². The van der Waals surface area contributed by atoms with Crippen LogP contribution in [-0.2, 0) is 4.79 Å². The summed E-state index contributed by atoms with van der Waals surface area (Å²) in [5, 5.41) is 0.241. The van der Waals surface area contributed by atoms with Gasteiger partial charge in [0.1, 0.15) is 0 Å². The molecule has 0 rings (SSSR count). The molecule has 0 aliphatic heterocycles. The summed E-state index contributed by atoms with van der Waals surface area (Å²) in [5.41, 5.74) is 0. The van der Waals surface area contributed by atoms with Gasteiger partial charge in [-0.2, -0.15) is 11.8 Å². The van der Waals surface area contributed by atoms with Gasteiger partial charge in [0.15, 0.2) is 5.12 Å². The van der Waals surface area contributed by atoms with E-state index in [9.17, 15) is 4.79 Å². The first-order valence-corrected chi connectivity index (χ1v) is 10.5. The molecule has 0 bridgehead atoms. The van der Waals surface area contributed by atoms with E-state index in [4.69, 9.17) is 0 Å². The lowest BCUT2D eigenvalue weighted by Crippen LogP contribution is -2.20. The minimum Gasteiger partial charge on any atom is -0.288 e. The van der Waals surface area contributed by atoms with Gasteiger partial charge in [-0.1, -0.05) is 31.4 Å². The molecule has 0 aromatic carbocycles. The molecule has 0 unspecified atom stereocenters. The molecule has 0 spiro atoms. The Labute approximate surface area is 91.4 Å². The number of rotatable bonds is 6. The molecule has 0 N–H and O–H groups in total. The first-order valence-electron chi connectivity index (χ1n) is 4.63. The van der Waals surface area contributed by atoms with Crippen LogP contribution in [0.15, 0.2) is 0 Å². The molecule has 0 atom stereocenters. The fraction of sp³-hybridized carbons (Fsp3) is 0.889. The molecule has 0 aliphatic rings. The Hall–Kier alpha value is 0.587. The topological polar surface area (TPSA) is 17.1 Å². The van der Waals surface area contributed by atoms with Crippen molar-refractivity contribution in [1.82, 2.24) is 0 Å². The van der Waals surface area contributed by atoms with Crippen LogP contribution in [0.3, 0.4) is 0 Å². The number of thioether (sulfide) groups is 2. The summed E-state index contributed by atoms with van der Waals surface area (Å²) in [6, 6.07) is 1.39. The molecule has 0 aromatic heterocycles. The maximum atomic E-state index is 10.6. The Balaban J connectivity index is 3.13.